The summed E-state index contributed by atoms with van der Waals surface area (Å²) in [5.41, 5.74) is 5.66. The van der Waals surface area contributed by atoms with Crippen LogP contribution in [-0.2, 0) is 6.54 Å². The molecule has 0 saturated carbocycles. The normalized spacial score (nSPS) is 20.8. The van der Waals surface area contributed by atoms with Gasteiger partial charge in [-0.3, -0.25) is 4.90 Å². The molecule has 1 fully saturated rings. The standard InChI is InChI=1S/C11H20N4O.ClH/c1-8(2)11-13-10(16-14-11)7-15-4-3-9(5-12)6-15;/h8-9H,3-7,12H2,1-2H3;1H. The Bertz CT molecular complexity index is 342. The number of aromatic nitrogens is 2. The molecule has 5 nitrogen and oxygen atoms in total. The maximum Gasteiger partial charge on any atom is 0.240 e. The van der Waals surface area contributed by atoms with Gasteiger partial charge in [0.2, 0.25) is 5.89 Å². The van der Waals surface area contributed by atoms with E-state index in [0.29, 0.717) is 11.8 Å². The highest BCUT2D eigenvalue weighted by molar-refractivity contribution is 5.85. The molecule has 0 aromatic carbocycles. The summed E-state index contributed by atoms with van der Waals surface area (Å²) < 4.78 is 5.22. The van der Waals surface area contributed by atoms with Gasteiger partial charge in [0.1, 0.15) is 0 Å². The van der Waals surface area contributed by atoms with Gasteiger partial charge in [-0.05, 0) is 25.4 Å². The van der Waals surface area contributed by atoms with E-state index in [4.69, 9.17) is 10.3 Å². The highest BCUT2D eigenvalue weighted by Crippen LogP contribution is 2.17. The van der Waals surface area contributed by atoms with Crippen LogP contribution in [0, 0.1) is 5.92 Å². The summed E-state index contributed by atoms with van der Waals surface area (Å²) >= 11 is 0. The molecule has 98 valence electrons. The van der Waals surface area contributed by atoms with Crippen LogP contribution in [0.15, 0.2) is 4.52 Å². The summed E-state index contributed by atoms with van der Waals surface area (Å²) in [6.45, 7) is 7.80. The lowest BCUT2D eigenvalue weighted by Crippen LogP contribution is -2.22. The molecule has 0 amide bonds. The third-order valence-corrected chi connectivity index (χ3v) is 3.06. The zero-order valence-electron chi connectivity index (χ0n) is 10.4. The Labute approximate surface area is 108 Å². The number of nitrogens with zero attached hydrogens (tertiary/aromatic N) is 3. The monoisotopic (exact) mass is 260 g/mol. The Hall–Kier alpha value is -0.650. The fraction of sp³-hybridized carbons (Fsp3) is 0.818. The quantitative estimate of drug-likeness (QED) is 0.886. The van der Waals surface area contributed by atoms with Gasteiger partial charge < -0.3 is 10.3 Å². The Kier molecular flexibility index (Phi) is 5.36. The molecular formula is C11H21ClN4O. The van der Waals surface area contributed by atoms with Crippen molar-refractivity contribution < 1.29 is 4.52 Å². The second kappa shape index (κ2) is 6.33. The number of nitrogens with two attached hydrogens (primary N) is 1. The molecule has 1 aliphatic rings. The van der Waals surface area contributed by atoms with Crippen molar-refractivity contribution in [3.63, 3.8) is 0 Å². The first-order chi connectivity index (χ1) is 7.69. The summed E-state index contributed by atoms with van der Waals surface area (Å²) in [6.07, 6.45) is 1.18. The summed E-state index contributed by atoms with van der Waals surface area (Å²) in [5, 5.41) is 3.96. The van der Waals surface area contributed by atoms with Crippen molar-refractivity contribution >= 4 is 12.4 Å². The zero-order chi connectivity index (χ0) is 11.5. The number of halogens is 1. The van der Waals surface area contributed by atoms with E-state index in [0.717, 1.165) is 37.9 Å². The molecule has 2 heterocycles. The topological polar surface area (TPSA) is 68.2 Å². The SMILES string of the molecule is CC(C)c1noc(CN2CCC(CN)C2)n1.Cl. The first kappa shape index (κ1) is 14.4. The molecule has 2 rings (SSSR count). The minimum absolute atomic E-state index is 0. The number of rotatable bonds is 4. The lowest BCUT2D eigenvalue weighted by Gasteiger charge is -2.12. The van der Waals surface area contributed by atoms with Crippen molar-refractivity contribution in [2.45, 2.75) is 32.7 Å². The second-order valence-electron chi connectivity index (χ2n) is 4.83. The average Bonchev–Trinajstić information content (AvgIpc) is 2.87. The first-order valence-electron chi connectivity index (χ1n) is 5.94. The number of likely N-dealkylation sites (tertiary alicyclic amines) is 1. The molecule has 0 aliphatic carbocycles. The molecule has 17 heavy (non-hydrogen) atoms. The van der Waals surface area contributed by atoms with Crippen molar-refractivity contribution in [1.29, 1.82) is 0 Å². The van der Waals surface area contributed by atoms with E-state index in [1.807, 2.05) is 0 Å². The largest absolute Gasteiger partial charge is 0.338 e. The van der Waals surface area contributed by atoms with Crippen molar-refractivity contribution in [2.24, 2.45) is 11.7 Å². The molecule has 2 N–H and O–H groups in total. The van der Waals surface area contributed by atoms with Crippen LogP contribution >= 0.6 is 12.4 Å². The Balaban J connectivity index is 0.00000144. The molecule has 0 spiro atoms. The van der Waals surface area contributed by atoms with Crippen LogP contribution < -0.4 is 5.73 Å². The molecule has 6 heteroatoms. The van der Waals surface area contributed by atoms with E-state index in [9.17, 15) is 0 Å². The minimum atomic E-state index is 0. The summed E-state index contributed by atoms with van der Waals surface area (Å²) in [5.74, 6) is 2.48. The molecule has 1 aliphatic heterocycles. The van der Waals surface area contributed by atoms with E-state index in [2.05, 4.69) is 28.9 Å². The van der Waals surface area contributed by atoms with E-state index in [1.54, 1.807) is 0 Å². The van der Waals surface area contributed by atoms with E-state index >= 15 is 0 Å². The van der Waals surface area contributed by atoms with Crippen molar-refractivity contribution in [1.82, 2.24) is 15.0 Å². The summed E-state index contributed by atoms with van der Waals surface area (Å²) in [7, 11) is 0. The van der Waals surface area contributed by atoms with Crippen molar-refractivity contribution in [2.75, 3.05) is 19.6 Å². The van der Waals surface area contributed by atoms with Gasteiger partial charge in [-0.1, -0.05) is 19.0 Å². The maximum atomic E-state index is 5.66. The molecule has 1 saturated heterocycles. The highest BCUT2D eigenvalue weighted by atomic mass is 35.5. The minimum Gasteiger partial charge on any atom is -0.338 e. The molecule has 0 bridgehead atoms. The van der Waals surface area contributed by atoms with Gasteiger partial charge in [0.25, 0.3) is 0 Å². The van der Waals surface area contributed by atoms with Gasteiger partial charge in [0.15, 0.2) is 5.82 Å². The van der Waals surface area contributed by atoms with Crippen LogP contribution in [0.1, 0.15) is 37.9 Å². The Morgan fingerprint density at radius 3 is 2.82 bits per heavy atom. The fourth-order valence-electron chi connectivity index (χ4n) is 2.01. The van der Waals surface area contributed by atoms with Gasteiger partial charge in [-0.25, -0.2) is 0 Å². The first-order valence-corrected chi connectivity index (χ1v) is 5.94. The smallest absolute Gasteiger partial charge is 0.240 e. The lowest BCUT2D eigenvalue weighted by molar-refractivity contribution is 0.260. The number of hydrogen-bond acceptors (Lipinski definition) is 5. The molecular weight excluding hydrogens is 240 g/mol. The molecule has 1 aromatic rings. The second-order valence-corrected chi connectivity index (χ2v) is 4.83. The van der Waals surface area contributed by atoms with Crippen molar-refractivity contribution in [3.05, 3.63) is 11.7 Å². The van der Waals surface area contributed by atoms with Crippen molar-refractivity contribution in [3.8, 4) is 0 Å². The molecule has 1 aromatic heterocycles. The van der Waals surface area contributed by atoms with Crippen LogP contribution in [0.4, 0.5) is 0 Å². The summed E-state index contributed by atoms with van der Waals surface area (Å²) in [4.78, 5) is 6.70. The van der Waals surface area contributed by atoms with E-state index < -0.39 is 0 Å². The van der Waals surface area contributed by atoms with E-state index in [1.165, 1.54) is 6.42 Å². The number of hydrogen-bond donors (Lipinski definition) is 1. The fourth-order valence-corrected chi connectivity index (χ4v) is 2.01. The van der Waals surface area contributed by atoms with Crippen LogP contribution in [0.5, 0.6) is 0 Å². The van der Waals surface area contributed by atoms with Gasteiger partial charge >= 0.3 is 0 Å². The maximum absolute atomic E-state index is 5.66. The van der Waals surface area contributed by atoms with E-state index in [-0.39, 0.29) is 12.4 Å². The molecule has 1 atom stereocenters. The van der Waals surface area contributed by atoms with Gasteiger partial charge in [-0.15, -0.1) is 12.4 Å². The highest BCUT2D eigenvalue weighted by Gasteiger charge is 2.23. The average molecular weight is 261 g/mol. The van der Waals surface area contributed by atoms with Crippen LogP contribution in [-0.4, -0.2) is 34.7 Å². The van der Waals surface area contributed by atoms with Gasteiger partial charge in [-0.2, -0.15) is 4.98 Å². The van der Waals surface area contributed by atoms with Crippen LogP contribution in [0.2, 0.25) is 0 Å². The predicted molar refractivity (Wildman–Crippen MR) is 68.1 cm³/mol. The Morgan fingerprint density at radius 2 is 2.29 bits per heavy atom. The van der Waals surface area contributed by atoms with Crippen LogP contribution in [0.25, 0.3) is 0 Å². The van der Waals surface area contributed by atoms with Gasteiger partial charge in [0, 0.05) is 12.5 Å². The Morgan fingerprint density at radius 1 is 1.53 bits per heavy atom. The predicted octanol–water partition coefficient (Wildman–Crippen LogP) is 1.40. The van der Waals surface area contributed by atoms with Gasteiger partial charge in [0.05, 0.1) is 6.54 Å². The molecule has 0 radical (unpaired) electrons. The lowest BCUT2D eigenvalue weighted by atomic mass is 10.1. The van der Waals surface area contributed by atoms with Crippen LogP contribution in [0.3, 0.4) is 0 Å². The third-order valence-electron chi connectivity index (χ3n) is 3.06. The molecule has 1 unspecified atom stereocenters. The zero-order valence-corrected chi connectivity index (χ0v) is 11.2. The summed E-state index contributed by atoms with van der Waals surface area (Å²) in [6, 6.07) is 0. The third kappa shape index (κ3) is 3.66.